The van der Waals surface area contributed by atoms with Gasteiger partial charge < -0.3 is 19.7 Å². The van der Waals surface area contributed by atoms with E-state index in [1.54, 1.807) is 19.1 Å². The predicted octanol–water partition coefficient (Wildman–Crippen LogP) is 4.17. The molecular weight excluding hydrogens is 392 g/mol. The summed E-state index contributed by atoms with van der Waals surface area (Å²) in [7, 11) is 3.21. The molecule has 2 aromatic rings. The summed E-state index contributed by atoms with van der Waals surface area (Å²) in [5, 5.41) is 3.10. The van der Waals surface area contributed by atoms with Crippen molar-refractivity contribution in [3.05, 3.63) is 53.1 Å². The van der Waals surface area contributed by atoms with Gasteiger partial charge in [-0.1, -0.05) is 38.1 Å². The van der Waals surface area contributed by atoms with Gasteiger partial charge in [0.25, 0.3) is 0 Å². The number of likely N-dealkylation sites (tertiary alicyclic amines) is 1. The first-order valence-corrected chi connectivity index (χ1v) is 10.7. The fraction of sp³-hybridized carbons (Fsp3) is 0.440. The Morgan fingerprint density at radius 1 is 1.16 bits per heavy atom. The number of rotatable bonds is 8. The highest BCUT2D eigenvalue weighted by Gasteiger charge is 2.34. The zero-order valence-corrected chi connectivity index (χ0v) is 19.0. The van der Waals surface area contributed by atoms with E-state index >= 15 is 0 Å². The summed E-state index contributed by atoms with van der Waals surface area (Å²) < 4.78 is 10.6. The van der Waals surface area contributed by atoms with E-state index in [0.717, 1.165) is 22.4 Å². The van der Waals surface area contributed by atoms with Crippen molar-refractivity contribution < 1.29 is 19.1 Å². The van der Waals surface area contributed by atoms with Crippen LogP contribution >= 0.6 is 0 Å². The lowest BCUT2D eigenvalue weighted by atomic mass is 9.97. The van der Waals surface area contributed by atoms with Crippen LogP contribution in [0, 0.1) is 12.8 Å². The molecule has 6 nitrogen and oxygen atoms in total. The van der Waals surface area contributed by atoms with Gasteiger partial charge in [0.1, 0.15) is 0 Å². The molecule has 166 valence electrons. The highest BCUT2D eigenvalue weighted by atomic mass is 16.5. The molecular formula is C25H32N2O4. The molecule has 0 aromatic heterocycles. The van der Waals surface area contributed by atoms with Gasteiger partial charge in [0.15, 0.2) is 11.5 Å². The number of benzene rings is 2. The Labute approximate surface area is 184 Å². The first-order chi connectivity index (χ1) is 14.8. The van der Waals surface area contributed by atoms with Crippen LogP contribution in [0.25, 0.3) is 0 Å². The molecule has 0 aliphatic carbocycles. The minimum absolute atomic E-state index is 0.0227. The summed E-state index contributed by atoms with van der Waals surface area (Å²) in [6.07, 6.45) is 0.941. The summed E-state index contributed by atoms with van der Waals surface area (Å²) in [5.41, 5.74) is 4.08. The highest BCUT2D eigenvalue weighted by molar-refractivity contribution is 5.98. The van der Waals surface area contributed by atoms with Gasteiger partial charge in [-0.05, 0) is 48.1 Å². The molecule has 1 atom stereocenters. The number of para-hydroxylation sites is 1. The molecule has 1 unspecified atom stereocenters. The molecule has 0 bridgehead atoms. The van der Waals surface area contributed by atoms with Crippen LogP contribution in [0.4, 0.5) is 5.69 Å². The lowest BCUT2D eigenvalue weighted by Crippen LogP contribution is -2.30. The molecule has 1 N–H and O–H groups in total. The number of carbonyl (C=O) groups is 2. The number of hydrogen-bond acceptors (Lipinski definition) is 4. The number of hydrogen-bond donors (Lipinski definition) is 1. The molecule has 2 aromatic carbocycles. The Bertz CT molecular complexity index is 955. The minimum Gasteiger partial charge on any atom is -0.493 e. The molecule has 3 rings (SSSR count). The van der Waals surface area contributed by atoms with Crippen LogP contribution in [0.1, 0.15) is 42.9 Å². The Morgan fingerprint density at radius 3 is 2.58 bits per heavy atom. The SMILES string of the molecule is COc1ccc(CCN2CC(C(=O)Nc3c(C)cccc3C(C)C)CC2=O)cc1OC. The Kier molecular flexibility index (Phi) is 7.21. The van der Waals surface area contributed by atoms with Crippen molar-refractivity contribution in [2.45, 2.75) is 39.5 Å². The van der Waals surface area contributed by atoms with Gasteiger partial charge in [-0.2, -0.15) is 0 Å². The van der Waals surface area contributed by atoms with E-state index in [-0.39, 0.29) is 24.2 Å². The maximum atomic E-state index is 12.9. The zero-order valence-electron chi connectivity index (χ0n) is 19.0. The number of nitrogens with zero attached hydrogens (tertiary/aromatic N) is 1. The van der Waals surface area contributed by atoms with Gasteiger partial charge in [0.05, 0.1) is 20.1 Å². The van der Waals surface area contributed by atoms with Gasteiger partial charge >= 0.3 is 0 Å². The lowest BCUT2D eigenvalue weighted by Gasteiger charge is -2.19. The Hall–Kier alpha value is -3.02. The Morgan fingerprint density at radius 2 is 1.90 bits per heavy atom. The third-order valence-corrected chi connectivity index (χ3v) is 5.88. The average Bonchev–Trinajstić information content (AvgIpc) is 3.13. The van der Waals surface area contributed by atoms with Gasteiger partial charge in [0, 0.05) is 25.2 Å². The lowest BCUT2D eigenvalue weighted by molar-refractivity contribution is -0.128. The standard InChI is InChI=1S/C25H32N2O4/c1-16(2)20-8-6-7-17(3)24(20)26-25(29)19-14-23(28)27(15-19)12-11-18-9-10-21(30-4)22(13-18)31-5/h6-10,13,16,19H,11-12,14-15H2,1-5H3,(H,26,29). The number of ether oxygens (including phenoxy) is 2. The molecule has 6 heteroatoms. The van der Waals surface area contributed by atoms with Gasteiger partial charge in [-0.25, -0.2) is 0 Å². The van der Waals surface area contributed by atoms with E-state index in [1.807, 2.05) is 43.3 Å². The second-order valence-corrected chi connectivity index (χ2v) is 8.36. The van der Waals surface area contributed by atoms with Gasteiger partial charge in [-0.15, -0.1) is 0 Å². The summed E-state index contributed by atoms with van der Waals surface area (Å²) in [5.74, 6) is 1.25. The van der Waals surface area contributed by atoms with Crippen molar-refractivity contribution in [2.24, 2.45) is 5.92 Å². The summed E-state index contributed by atoms with van der Waals surface area (Å²) in [6.45, 7) is 7.23. The van der Waals surface area contributed by atoms with Crippen LogP contribution in [0.15, 0.2) is 36.4 Å². The summed E-state index contributed by atoms with van der Waals surface area (Å²) in [4.78, 5) is 27.3. The van der Waals surface area contributed by atoms with E-state index in [2.05, 4.69) is 19.2 Å². The van der Waals surface area contributed by atoms with Crippen molar-refractivity contribution in [1.82, 2.24) is 4.90 Å². The molecule has 1 heterocycles. The third kappa shape index (κ3) is 5.19. The largest absolute Gasteiger partial charge is 0.493 e. The van der Waals surface area contributed by atoms with Crippen LogP contribution in [0.3, 0.4) is 0 Å². The van der Waals surface area contributed by atoms with Crippen LogP contribution in [0.2, 0.25) is 0 Å². The molecule has 0 spiro atoms. The van der Waals surface area contributed by atoms with Crippen LogP contribution in [0.5, 0.6) is 11.5 Å². The maximum absolute atomic E-state index is 12.9. The number of methoxy groups -OCH3 is 2. The molecule has 31 heavy (non-hydrogen) atoms. The number of anilines is 1. The average molecular weight is 425 g/mol. The fourth-order valence-corrected chi connectivity index (χ4v) is 4.03. The summed E-state index contributed by atoms with van der Waals surface area (Å²) >= 11 is 0. The number of carbonyl (C=O) groups excluding carboxylic acids is 2. The van der Waals surface area contributed by atoms with Crippen molar-refractivity contribution in [2.75, 3.05) is 32.6 Å². The molecule has 1 saturated heterocycles. The van der Waals surface area contributed by atoms with E-state index in [1.165, 1.54) is 0 Å². The smallest absolute Gasteiger partial charge is 0.229 e. The van der Waals surface area contributed by atoms with E-state index in [9.17, 15) is 9.59 Å². The second kappa shape index (κ2) is 9.86. The van der Waals surface area contributed by atoms with E-state index in [4.69, 9.17) is 9.47 Å². The topological polar surface area (TPSA) is 67.9 Å². The second-order valence-electron chi connectivity index (χ2n) is 8.36. The van der Waals surface area contributed by atoms with Gasteiger partial charge in [-0.3, -0.25) is 9.59 Å². The minimum atomic E-state index is -0.336. The number of nitrogens with one attached hydrogen (secondary N) is 1. The first-order valence-electron chi connectivity index (χ1n) is 10.7. The molecule has 1 aliphatic rings. The van der Waals surface area contributed by atoms with E-state index in [0.29, 0.717) is 36.9 Å². The van der Waals surface area contributed by atoms with Crippen LogP contribution < -0.4 is 14.8 Å². The molecule has 2 amide bonds. The molecule has 0 radical (unpaired) electrons. The van der Waals surface area contributed by atoms with Gasteiger partial charge in [0.2, 0.25) is 11.8 Å². The Balaban J connectivity index is 1.62. The quantitative estimate of drug-likeness (QED) is 0.691. The van der Waals surface area contributed by atoms with Crippen molar-refractivity contribution in [3.63, 3.8) is 0 Å². The van der Waals surface area contributed by atoms with E-state index < -0.39 is 0 Å². The molecule has 1 fully saturated rings. The monoisotopic (exact) mass is 424 g/mol. The van der Waals surface area contributed by atoms with Crippen LogP contribution in [-0.2, 0) is 16.0 Å². The highest BCUT2D eigenvalue weighted by Crippen LogP contribution is 2.30. The molecule has 0 saturated carbocycles. The first kappa shape index (κ1) is 22.7. The van der Waals surface area contributed by atoms with Crippen molar-refractivity contribution >= 4 is 17.5 Å². The maximum Gasteiger partial charge on any atom is 0.229 e. The van der Waals surface area contributed by atoms with Crippen molar-refractivity contribution in [1.29, 1.82) is 0 Å². The predicted molar refractivity (Wildman–Crippen MR) is 122 cm³/mol. The number of amides is 2. The molecule has 1 aliphatic heterocycles. The zero-order chi connectivity index (χ0) is 22.5. The fourth-order valence-electron chi connectivity index (χ4n) is 4.03. The normalized spacial score (nSPS) is 16.0. The van der Waals surface area contributed by atoms with Crippen LogP contribution in [-0.4, -0.2) is 44.0 Å². The number of aryl methyl sites for hydroxylation is 1. The van der Waals surface area contributed by atoms with Crippen molar-refractivity contribution in [3.8, 4) is 11.5 Å². The summed E-state index contributed by atoms with van der Waals surface area (Å²) in [6, 6.07) is 11.8. The third-order valence-electron chi connectivity index (χ3n) is 5.88.